The molecule has 0 radical (unpaired) electrons. The molecule has 0 aliphatic heterocycles. The van der Waals surface area contributed by atoms with Gasteiger partial charge < -0.3 is 9.52 Å². The number of fused-ring (bicyclic) bond motifs is 1. The van der Waals surface area contributed by atoms with Gasteiger partial charge in [0.25, 0.3) is 5.69 Å². The van der Waals surface area contributed by atoms with Crippen LogP contribution in [0.2, 0.25) is 0 Å². The van der Waals surface area contributed by atoms with Gasteiger partial charge in [-0.1, -0.05) is 0 Å². The summed E-state index contributed by atoms with van der Waals surface area (Å²) >= 11 is 0. The molecule has 0 unspecified atom stereocenters. The number of nitro groups is 1. The largest absolute Gasteiger partial charge is 0.507 e. The van der Waals surface area contributed by atoms with Gasteiger partial charge in [-0.2, -0.15) is 0 Å². The molecule has 4 rings (SSSR count). The van der Waals surface area contributed by atoms with E-state index in [0.717, 1.165) is 5.56 Å². The molecule has 0 saturated heterocycles. The zero-order chi connectivity index (χ0) is 19.7. The van der Waals surface area contributed by atoms with E-state index in [1.54, 1.807) is 43.6 Å². The highest BCUT2D eigenvalue weighted by molar-refractivity contribution is 5.88. The smallest absolute Gasteiger partial charge is 0.270 e. The Bertz CT molecular complexity index is 1220. The Kier molecular flexibility index (Phi) is 4.29. The summed E-state index contributed by atoms with van der Waals surface area (Å²) in [6.07, 6.45) is 4.72. The van der Waals surface area contributed by atoms with Crippen LogP contribution in [0.15, 0.2) is 64.3 Å². The molecule has 138 valence electrons. The lowest BCUT2D eigenvalue weighted by atomic mass is 10.1. The molecule has 28 heavy (non-hydrogen) atoms. The molecule has 0 aliphatic rings. The summed E-state index contributed by atoms with van der Waals surface area (Å²) in [5, 5.41) is 21.1. The van der Waals surface area contributed by atoms with Gasteiger partial charge in [-0.25, -0.2) is 4.98 Å². The standard InChI is InChI=1S/C20H14N4O4/c1-12-7-16(24(26)27)8-14(19(12)25)11-22-15-4-5-18-17(9-15)23-20(28-18)13-3-2-6-21-10-13/h2-11,25H,1H3. The molecule has 8 heteroatoms. The molecule has 0 spiro atoms. The second kappa shape index (κ2) is 6.92. The average molecular weight is 374 g/mol. The minimum atomic E-state index is -0.509. The number of benzene rings is 2. The fourth-order valence-electron chi connectivity index (χ4n) is 2.74. The van der Waals surface area contributed by atoms with E-state index in [1.807, 2.05) is 6.07 Å². The van der Waals surface area contributed by atoms with Crippen molar-refractivity contribution >= 4 is 28.7 Å². The van der Waals surface area contributed by atoms with Gasteiger partial charge in [0.05, 0.1) is 16.2 Å². The highest BCUT2D eigenvalue weighted by atomic mass is 16.6. The molecule has 4 aromatic rings. The molecule has 0 amide bonds. The zero-order valence-corrected chi connectivity index (χ0v) is 14.7. The maximum absolute atomic E-state index is 11.0. The average Bonchev–Trinajstić information content (AvgIpc) is 3.13. The van der Waals surface area contributed by atoms with Gasteiger partial charge in [0, 0.05) is 36.3 Å². The maximum Gasteiger partial charge on any atom is 0.270 e. The Balaban J connectivity index is 1.68. The Hall–Kier alpha value is -4.07. The van der Waals surface area contributed by atoms with Crippen LogP contribution in [0.4, 0.5) is 11.4 Å². The summed E-state index contributed by atoms with van der Waals surface area (Å²) in [5.74, 6) is 0.409. The summed E-state index contributed by atoms with van der Waals surface area (Å²) in [5.41, 5.74) is 3.12. The highest BCUT2D eigenvalue weighted by Crippen LogP contribution is 2.29. The van der Waals surface area contributed by atoms with Crippen molar-refractivity contribution in [1.29, 1.82) is 0 Å². The summed E-state index contributed by atoms with van der Waals surface area (Å²) in [4.78, 5) is 23.3. The number of nitrogens with zero attached hydrogens (tertiary/aromatic N) is 4. The van der Waals surface area contributed by atoms with E-state index in [0.29, 0.717) is 28.2 Å². The van der Waals surface area contributed by atoms with Crippen molar-refractivity contribution in [3.8, 4) is 17.2 Å². The van der Waals surface area contributed by atoms with Crippen LogP contribution in [0.1, 0.15) is 11.1 Å². The lowest BCUT2D eigenvalue weighted by Gasteiger charge is -2.03. The van der Waals surface area contributed by atoms with Crippen LogP contribution in [-0.4, -0.2) is 26.2 Å². The van der Waals surface area contributed by atoms with Crippen molar-refractivity contribution in [3.63, 3.8) is 0 Å². The fraction of sp³-hybridized carbons (Fsp3) is 0.0500. The van der Waals surface area contributed by atoms with Crippen molar-refractivity contribution in [2.75, 3.05) is 0 Å². The first-order chi connectivity index (χ1) is 13.5. The van der Waals surface area contributed by atoms with E-state index in [2.05, 4.69) is 15.0 Å². The van der Waals surface area contributed by atoms with Crippen LogP contribution in [-0.2, 0) is 0 Å². The number of hydrogen-bond donors (Lipinski definition) is 1. The Labute approximate surface area is 159 Å². The third kappa shape index (κ3) is 3.30. The van der Waals surface area contributed by atoms with Gasteiger partial charge in [0.2, 0.25) is 5.89 Å². The Morgan fingerprint density at radius 2 is 2.11 bits per heavy atom. The number of pyridine rings is 1. The molecule has 8 nitrogen and oxygen atoms in total. The van der Waals surface area contributed by atoms with Crippen LogP contribution < -0.4 is 0 Å². The van der Waals surface area contributed by atoms with Gasteiger partial charge in [0.1, 0.15) is 11.3 Å². The van der Waals surface area contributed by atoms with E-state index < -0.39 is 4.92 Å². The van der Waals surface area contributed by atoms with E-state index in [9.17, 15) is 15.2 Å². The van der Waals surface area contributed by atoms with E-state index in [4.69, 9.17) is 4.42 Å². The lowest BCUT2D eigenvalue weighted by Crippen LogP contribution is -1.93. The number of phenols is 1. The number of non-ortho nitro benzene ring substituents is 1. The molecular weight excluding hydrogens is 360 g/mol. The number of aliphatic imine (C=N–C) groups is 1. The molecule has 2 aromatic heterocycles. The number of rotatable bonds is 4. The first kappa shape index (κ1) is 17.3. The van der Waals surface area contributed by atoms with Crippen molar-refractivity contribution in [1.82, 2.24) is 9.97 Å². The third-order valence-corrected chi connectivity index (χ3v) is 4.16. The molecule has 0 atom stereocenters. The molecule has 0 saturated carbocycles. The molecule has 1 N–H and O–H groups in total. The lowest BCUT2D eigenvalue weighted by molar-refractivity contribution is -0.384. The van der Waals surface area contributed by atoms with Gasteiger partial charge >= 0.3 is 0 Å². The van der Waals surface area contributed by atoms with Gasteiger partial charge in [-0.15, -0.1) is 0 Å². The summed E-state index contributed by atoms with van der Waals surface area (Å²) in [7, 11) is 0. The summed E-state index contributed by atoms with van der Waals surface area (Å²) < 4.78 is 5.73. The third-order valence-electron chi connectivity index (χ3n) is 4.16. The number of aromatic hydroxyl groups is 1. The van der Waals surface area contributed by atoms with Crippen LogP contribution in [0.3, 0.4) is 0 Å². The predicted octanol–water partition coefficient (Wildman–Crippen LogP) is 4.56. The normalized spacial score (nSPS) is 11.3. The van der Waals surface area contributed by atoms with Crippen LogP contribution in [0, 0.1) is 17.0 Å². The molecule has 0 fully saturated rings. The van der Waals surface area contributed by atoms with E-state index >= 15 is 0 Å². The molecule has 2 heterocycles. The van der Waals surface area contributed by atoms with Crippen LogP contribution in [0.25, 0.3) is 22.6 Å². The number of phenolic OH excluding ortho intramolecular Hbond substituents is 1. The number of hydrogen-bond acceptors (Lipinski definition) is 7. The van der Waals surface area contributed by atoms with Crippen LogP contribution >= 0.6 is 0 Å². The fourth-order valence-corrected chi connectivity index (χ4v) is 2.74. The molecule has 0 aliphatic carbocycles. The van der Waals surface area contributed by atoms with E-state index in [1.165, 1.54) is 18.3 Å². The van der Waals surface area contributed by atoms with Gasteiger partial charge in [-0.3, -0.25) is 20.1 Å². The summed E-state index contributed by atoms with van der Waals surface area (Å²) in [6.45, 7) is 1.60. The van der Waals surface area contributed by atoms with Crippen molar-refractivity contribution in [3.05, 3.63) is 76.1 Å². The SMILES string of the molecule is Cc1cc([N+](=O)[O-])cc(C=Nc2ccc3oc(-c4cccnc4)nc3c2)c1O. The minimum Gasteiger partial charge on any atom is -0.507 e. The molecule has 2 aromatic carbocycles. The Morgan fingerprint density at radius 1 is 1.25 bits per heavy atom. The minimum absolute atomic E-state index is 0.0456. The number of aryl methyl sites for hydroxylation is 1. The predicted molar refractivity (Wildman–Crippen MR) is 104 cm³/mol. The zero-order valence-electron chi connectivity index (χ0n) is 14.7. The molecular formula is C20H14N4O4. The van der Waals surface area contributed by atoms with Crippen molar-refractivity contribution in [2.45, 2.75) is 6.92 Å². The number of nitro benzene ring substituents is 1. The monoisotopic (exact) mass is 374 g/mol. The van der Waals surface area contributed by atoms with E-state index in [-0.39, 0.29) is 17.0 Å². The van der Waals surface area contributed by atoms with Gasteiger partial charge in [-0.05, 0) is 42.8 Å². The maximum atomic E-state index is 11.0. The second-order valence-electron chi connectivity index (χ2n) is 6.13. The molecule has 0 bridgehead atoms. The second-order valence-corrected chi connectivity index (χ2v) is 6.13. The van der Waals surface area contributed by atoms with Crippen LogP contribution in [0.5, 0.6) is 5.75 Å². The first-order valence-corrected chi connectivity index (χ1v) is 8.34. The Morgan fingerprint density at radius 3 is 2.86 bits per heavy atom. The number of oxazole rings is 1. The highest BCUT2D eigenvalue weighted by Gasteiger charge is 2.13. The quantitative estimate of drug-likeness (QED) is 0.318. The first-order valence-electron chi connectivity index (χ1n) is 8.34. The van der Waals surface area contributed by atoms with Crippen molar-refractivity contribution in [2.24, 2.45) is 4.99 Å². The summed E-state index contributed by atoms with van der Waals surface area (Å²) in [6, 6.07) is 11.5. The van der Waals surface area contributed by atoms with Gasteiger partial charge in [0.15, 0.2) is 5.58 Å². The topological polar surface area (TPSA) is 115 Å². The van der Waals surface area contributed by atoms with Crippen molar-refractivity contribution < 1.29 is 14.4 Å². The number of aromatic nitrogens is 2.